The van der Waals surface area contributed by atoms with E-state index < -0.39 is 5.97 Å². The zero-order valence-corrected chi connectivity index (χ0v) is 9.06. The van der Waals surface area contributed by atoms with Crippen LogP contribution < -0.4 is 0 Å². The van der Waals surface area contributed by atoms with Gasteiger partial charge >= 0.3 is 5.97 Å². The average molecular weight is 223 g/mol. The predicted molar refractivity (Wildman–Crippen MR) is 57.5 cm³/mol. The van der Waals surface area contributed by atoms with Crippen molar-refractivity contribution < 1.29 is 14.3 Å². The van der Waals surface area contributed by atoms with E-state index in [2.05, 4.69) is 0 Å². The summed E-state index contributed by atoms with van der Waals surface area (Å²) >= 11 is 0. The van der Waals surface area contributed by atoms with E-state index in [1.807, 2.05) is 18.0 Å². The number of hydrogen-bond donors (Lipinski definition) is 1. The van der Waals surface area contributed by atoms with E-state index in [-0.39, 0.29) is 17.8 Å². The first-order valence-corrected chi connectivity index (χ1v) is 5.26. The van der Waals surface area contributed by atoms with Crippen LogP contribution in [0.4, 0.5) is 4.39 Å². The first-order chi connectivity index (χ1) is 7.58. The van der Waals surface area contributed by atoms with Crippen LogP contribution in [0.25, 0.3) is 0 Å². The number of carbonyl (C=O) groups is 1. The smallest absolute Gasteiger partial charge is 0.307 e. The molecule has 0 amide bonds. The van der Waals surface area contributed by atoms with Gasteiger partial charge in [-0.15, -0.1) is 0 Å². The van der Waals surface area contributed by atoms with Crippen LogP contribution in [0.15, 0.2) is 24.3 Å². The lowest BCUT2D eigenvalue weighted by Crippen LogP contribution is -2.20. The number of halogens is 1. The van der Waals surface area contributed by atoms with Crippen LogP contribution in [0, 0.1) is 11.7 Å². The maximum atomic E-state index is 13.1. The van der Waals surface area contributed by atoms with E-state index in [1.165, 1.54) is 12.1 Å². The maximum absolute atomic E-state index is 13.1. The normalized spacial score (nSPS) is 25.9. The van der Waals surface area contributed by atoms with Gasteiger partial charge in [-0.25, -0.2) is 4.39 Å². The van der Waals surface area contributed by atoms with E-state index in [0.717, 1.165) is 5.56 Å². The molecule has 16 heavy (non-hydrogen) atoms. The van der Waals surface area contributed by atoms with Crippen LogP contribution in [0.2, 0.25) is 0 Å². The van der Waals surface area contributed by atoms with Gasteiger partial charge in [0.15, 0.2) is 0 Å². The molecule has 2 rings (SSSR count). The van der Waals surface area contributed by atoms with Gasteiger partial charge in [0.05, 0.1) is 5.92 Å². The Morgan fingerprint density at radius 2 is 2.31 bits per heavy atom. The molecule has 0 radical (unpaired) electrons. The van der Waals surface area contributed by atoms with Gasteiger partial charge in [0.1, 0.15) is 5.82 Å². The molecule has 0 aliphatic carbocycles. The van der Waals surface area contributed by atoms with Crippen molar-refractivity contribution in [2.45, 2.75) is 12.5 Å². The quantitative estimate of drug-likeness (QED) is 0.832. The summed E-state index contributed by atoms with van der Waals surface area (Å²) in [6.45, 7) is 0.524. The molecule has 1 aromatic carbocycles. The number of carboxylic acids is 1. The second-order valence-electron chi connectivity index (χ2n) is 4.28. The summed E-state index contributed by atoms with van der Waals surface area (Å²) < 4.78 is 13.1. The van der Waals surface area contributed by atoms with Gasteiger partial charge in [0.2, 0.25) is 0 Å². The third kappa shape index (κ3) is 2.07. The fraction of sp³-hybridized carbons (Fsp3) is 0.417. The molecule has 0 aromatic heterocycles. The lowest BCUT2D eigenvalue weighted by atomic mass is 10.00. The Hall–Kier alpha value is -1.42. The molecule has 86 valence electrons. The average Bonchev–Trinajstić information content (AvgIpc) is 2.60. The van der Waals surface area contributed by atoms with Crippen molar-refractivity contribution in [3.8, 4) is 0 Å². The maximum Gasteiger partial charge on any atom is 0.307 e. The monoisotopic (exact) mass is 223 g/mol. The summed E-state index contributed by atoms with van der Waals surface area (Å²) in [5.41, 5.74) is 0.853. The highest BCUT2D eigenvalue weighted by atomic mass is 19.1. The van der Waals surface area contributed by atoms with Gasteiger partial charge in [-0.1, -0.05) is 12.1 Å². The van der Waals surface area contributed by atoms with E-state index in [1.54, 1.807) is 6.07 Å². The van der Waals surface area contributed by atoms with Crippen molar-refractivity contribution >= 4 is 5.97 Å². The van der Waals surface area contributed by atoms with Gasteiger partial charge < -0.3 is 5.11 Å². The summed E-state index contributed by atoms with van der Waals surface area (Å²) in [7, 11) is 1.87. The Kier molecular flexibility index (Phi) is 2.92. The topological polar surface area (TPSA) is 40.5 Å². The Morgan fingerprint density at radius 1 is 1.56 bits per heavy atom. The van der Waals surface area contributed by atoms with Crippen molar-refractivity contribution in [3.05, 3.63) is 35.6 Å². The van der Waals surface area contributed by atoms with E-state index in [0.29, 0.717) is 13.0 Å². The highest BCUT2D eigenvalue weighted by Gasteiger charge is 2.34. The van der Waals surface area contributed by atoms with E-state index >= 15 is 0 Å². The summed E-state index contributed by atoms with van der Waals surface area (Å²) in [6, 6.07) is 6.39. The highest BCUT2D eigenvalue weighted by Crippen LogP contribution is 2.34. The molecule has 1 fully saturated rings. The summed E-state index contributed by atoms with van der Waals surface area (Å²) in [4.78, 5) is 12.9. The molecule has 0 unspecified atom stereocenters. The molecular formula is C12H14FNO2. The Balaban J connectivity index is 2.19. The van der Waals surface area contributed by atoms with E-state index in [9.17, 15) is 9.18 Å². The molecule has 1 heterocycles. The summed E-state index contributed by atoms with van der Waals surface area (Å²) in [5, 5.41) is 8.95. The fourth-order valence-electron chi connectivity index (χ4n) is 2.28. The first kappa shape index (κ1) is 11.1. The van der Waals surface area contributed by atoms with Gasteiger partial charge in [0, 0.05) is 12.6 Å². The molecule has 1 aliphatic heterocycles. The number of benzene rings is 1. The fourth-order valence-corrected chi connectivity index (χ4v) is 2.28. The summed E-state index contributed by atoms with van der Waals surface area (Å²) in [5.74, 6) is -1.39. The van der Waals surface area contributed by atoms with Crippen LogP contribution in [-0.4, -0.2) is 29.6 Å². The Labute approximate surface area is 93.5 Å². The molecule has 1 aromatic rings. The highest BCUT2D eigenvalue weighted by molar-refractivity contribution is 5.70. The molecule has 1 saturated heterocycles. The van der Waals surface area contributed by atoms with Gasteiger partial charge in [-0.05, 0) is 31.2 Å². The molecule has 3 nitrogen and oxygen atoms in total. The van der Waals surface area contributed by atoms with Crippen molar-refractivity contribution in [1.29, 1.82) is 0 Å². The summed E-state index contributed by atoms with van der Waals surface area (Å²) in [6.07, 6.45) is 0.551. The van der Waals surface area contributed by atoms with Crippen LogP contribution >= 0.6 is 0 Å². The third-order valence-corrected chi connectivity index (χ3v) is 3.13. The van der Waals surface area contributed by atoms with Crippen LogP contribution in [0.5, 0.6) is 0 Å². The number of likely N-dealkylation sites (tertiary alicyclic amines) is 1. The van der Waals surface area contributed by atoms with Gasteiger partial charge in [0.25, 0.3) is 0 Å². The van der Waals surface area contributed by atoms with Crippen LogP contribution in [0.1, 0.15) is 18.0 Å². The molecule has 2 atom stereocenters. The molecule has 4 heteroatoms. The number of rotatable bonds is 2. The second-order valence-corrected chi connectivity index (χ2v) is 4.28. The third-order valence-electron chi connectivity index (χ3n) is 3.13. The molecular weight excluding hydrogens is 209 g/mol. The molecule has 1 aliphatic rings. The van der Waals surface area contributed by atoms with Crippen molar-refractivity contribution in [2.75, 3.05) is 13.6 Å². The number of aliphatic carboxylic acids is 1. The molecule has 1 N–H and O–H groups in total. The zero-order valence-electron chi connectivity index (χ0n) is 9.06. The predicted octanol–water partition coefficient (Wildman–Crippen LogP) is 1.90. The lowest BCUT2D eigenvalue weighted by molar-refractivity contribution is -0.141. The number of carboxylic acid groups (broad SMARTS) is 1. The lowest BCUT2D eigenvalue weighted by Gasteiger charge is -2.19. The van der Waals surface area contributed by atoms with Gasteiger partial charge in [-0.3, -0.25) is 9.69 Å². The molecule has 0 bridgehead atoms. The minimum Gasteiger partial charge on any atom is -0.481 e. The number of hydrogen-bond acceptors (Lipinski definition) is 2. The molecule has 0 spiro atoms. The minimum atomic E-state index is -0.772. The van der Waals surface area contributed by atoms with Crippen LogP contribution in [-0.2, 0) is 4.79 Å². The Morgan fingerprint density at radius 3 is 2.88 bits per heavy atom. The minimum absolute atomic E-state index is 0.0109. The SMILES string of the molecule is CN1C[C@H](C(=O)O)C[C@H]1c1cccc(F)c1. The second kappa shape index (κ2) is 4.22. The van der Waals surface area contributed by atoms with Crippen LogP contribution in [0.3, 0.4) is 0 Å². The Bertz CT molecular complexity index is 408. The van der Waals surface area contributed by atoms with Crippen molar-refractivity contribution in [2.24, 2.45) is 5.92 Å². The standard InChI is InChI=1S/C12H14FNO2/c1-14-7-9(12(15)16)6-11(14)8-3-2-4-10(13)5-8/h2-5,9,11H,6-7H2,1H3,(H,15,16)/t9-,11+/m1/s1. The number of nitrogens with zero attached hydrogens (tertiary/aromatic N) is 1. The largest absolute Gasteiger partial charge is 0.481 e. The van der Waals surface area contributed by atoms with Crippen molar-refractivity contribution in [1.82, 2.24) is 4.90 Å². The van der Waals surface area contributed by atoms with E-state index in [4.69, 9.17) is 5.11 Å². The first-order valence-electron chi connectivity index (χ1n) is 5.26. The zero-order chi connectivity index (χ0) is 11.7. The van der Waals surface area contributed by atoms with Gasteiger partial charge in [-0.2, -0.15) is 0 Å². The molecule has 0 saturated carbocycles. The van der Waals surface area contributed by atoms with Crippen molar-refractivity contribution in [3.63, 3.8) is 0 Å².